The van der Waals surface area contributed by atoms with Gasteiger partial charge in [0.2, 0.25) is 0 Å². The molecule has 0 aliphatic carbocycles. The molecule has 1 saturated heterocycles. The van der Waals surface area contributed by atoms with Gasteiger partial charge in [0.15, 0.2) is 0 Å². The predicted octanol–water partition coefficient (Wildman–Crippen LogP) is 4.75. The summed E-state index contributed by atoms with van der Waals surface area (Å²) in [6.07, 6.45) is 10.5. The molecule has 184 valence electrons. The van der Waals surface area contributed by atoms with Gasteiger partial charge < -0.3 is 15.2 Å². The molecule has 0 saturated carbocycles. The van der Waals surface area contributed by atoms with E-state index in [4.69, 9.17) is 4.74 Å². The van der Waals surface area contributed by atoms with E-state index in [1.54, 1.807) is 6.20 Å². The fraction of sp³-hybridized carbons (Fsp3) is 0.464. The van der Waals surface area contributed by atoms with Gasteiger partial charge in [-0.05, 0) is 61.3 Å². The largest absolute Gasteiger partial charge is 0.480 e. The zero-order valence-electron chi connectivity index (χ0n) is 20.3. The third-order valence-corrected chi connectivity index (χ3v) is 7.35. The summed E-state index contributed by atoms with van der Waals surface area (Å²) in [6.45, 7) is 3.99. The van der Waals surface area contributed by atoms with Crippen LogP contribution in [-0.2, 0) is 16.0 Å². The molecule has 0 amide bonds. The van der Waals surface area contributed by atoms with Crippen molar-refractivity contribution in [3.8, 4) is 0 Å². The van der Waals surface area contributed by atoms with Crippen LogP contribution in [0.2, 0.25) is 0 Å². The molecule has 2 N–H and O–H groups in total. The molecule has 1 fully saturated rings. The van der Waals surface area contributed by atoms with Crippen molar-refractivity contribution in [2.24, 2.45) is 0 Å². The number of unbranched alkanes of at least 4 members (excludes halogenated alkanes) is 2. The number of pyridine rings is 2. The molecule has 1 aromatic carbocycles. The van der Waals surface area contributed by atoms with Crippen molar-refractivity contribution < 1.29 is 14.6 Å². The van der Waals surface area contributed by atoms with Gasteiger partial charge in [0.1, 0.15) is 11.9 Å². The van der Waals surface area contributed by atoms with E-state index in [0.717, 1.165) is 60.1 Å². The van der Waals surface area contributed by atoms with Crippen LogP contribution in [0.25, 0.3) is 10.8 Å². The number of carbonyl (C=O) groups is 1. The normalized spacial score (nSPS) is 19.1. The topological polar surface area (TPSA) is 87.6 Å². The summed E-state index contributed by atoms with van der Waals surface area (Å²) < 4.78 is 6.05. The molecule has 7 heteroatoms. The Morgan fingerprint density at radius 1 is 1.11 bits per heavy atom. The van der Waals surface area contributed by atoms with Gasteiger partial charge in [-0.1, -0.05) is 37.1 Å². The van der Waals surface area contributed by atoms with Gasteiger partial charge in [-0.3, -0.25) is 14.7 Å². The molecular weight excluding hydrogens is 440 g/mol. The van der Waals surface area contributed by atoms with Crippen molar-refractivity contribution in [3.05, 3.63) is 65.6 Å². The summed E-state index contributed by atoms with van der Waals surface area (Å²) in [5.41, 5.74) is 3.07. The average Bonchev–Trinajstić information content (AvgIpc) is 2.84. The van der Waals surface area contributed by atoms with Crippen LogP contribution < -0.4 is 5.32 Å². The second-order valence-electron chi connectivity index (χ2n) is 9.77. The van der Waals surface area contributed by atoms with Crippen LogP contribution >= 0.6 is 0 Å². The van der Waals surface area contributed by atoms with Crippen molar-refractivity contribution in [2.75, 3.05) is 25.0 Å². The molecule has 2 aliphatic heterocycles. The number of carboxylic acids is 1. The highest BCUT2D eigenvalue weighted by Crippen LogP contribution is 2.33. The minimum Gasteiger partial charge on any atom is -0.480 e. The number of fused-ring (bicyclic) bond motifs is 2. The Hall–Kier alpha value is -3.03. The van der Waals surface area contributed by atoms with Crippen LogP contribution in [0.3, 0.4) is 0 Å². The summed E-state index contributed by atoms with van der Waals surface area (Å²) in [5.74, 6) is 0.233. The molecule has 5 rings (SSSR count). The zero-order chi connectivity index (χ0) is 24.2. The lowest BCUT2D eigenvalue weighted by atomic mass is 9.95. The molecule has 0 bridgehead atoms. The van der Waals surface area contributed by atoms with Crippen LogP contribution in [0, 0.1) is 6.92 Å². The third kappa shape index (κ3) is 5.31. The predicted molar refractivity (Wildman–Crippen MR) is 137 cm³/mol. The Kier molecular flexibility index (Phi) is 7.25. The number of benzene rings is 1. The van der Waals surface area contributed by atoms with Crippen LogP contribution in [0.5, 0.6) is 0 Å². The van der Waals surface area contributed by atoms with E-state index in [9.17, 15) is 9.90 Å². The van der Waals surface area contributed by atoms with Gasteiger partial charge in [-0.25, -0.2) is 4.98 Å². The SMILES string of the molecule is Cc1nccc2c(C(C(=O)O)N3CC(OCCCCC[C@@H]4CCc5cccnc5N4)C3)cccc12. The van der Waals surface area contributed by atoms with Crippen molar-refractivity contribution in [2.45, 2.75) is 63.6 Å². The first kappa shape index (κ1) is 23.7. The Bertz CT molecular complexity index is 1180. The van der Waals surface area contributed by atoms with Crippen LogP contribution in [-0.4, -0.2) is 57.8 Å². The number of hydrogen-bond acceptors (Lipinski definition) is 6. The van der Waals surface area contributed by atoms with E-state index in [0.29, 0.717) is 19.1 Å². The fourth-order valence-electron chi connectivity index (χ4n) is 5.39. The molecular formula is C28H34N4O3. The number of aliphatic carboxylic acids is 1. The first-order valence-electron chi connectivity index (χ1n) is 12.7. The quantitative estimate of drug-likeness (QED) is 0.410. The summed E-state index contributed by atoms with van der Waals surface area (Å²) >= 11 is 0. The van der Waals surface area contributed by atoms with Gasteiger partial charge in [0.05, 0.1) is 6.10 Å². The van der Waals surface area contributed by atoms with Gasteiger partial charge in [0.25, 0.3) is 0 Å². The molecule has 1 unspecified atom stereocenters. The number of aryl methyl sites for hydroxylation is 2. The number of nitrogens with one attached hydrogen (secondary N) is 1. The number of carboxylic acid groups (broad SMARTS) is 1. The molecule has 35 heavy (non-hydrogen) atoms. The number of aromatic nitrogens is 2. The lowest BCUT2D eigenvalue weighted by molar-refractivity contribution is -0.150. The molecule has 2 aromatic heterocycles. The first-order chi connectivity index (χ1) is 17.1. The Morgan fingerprint density at radius 2 is 2.00 bits per heavy atom. The average molecular weight is 475 g/mol. The Balaban J connectivity index is 1.04. The highest BCUT2D eigenvalue weighted by Gasteiger charge is 2.38. The van der Waals surface area contributed by atoms with Gasteiger partial charge in [0, 0.05) is 49.2 Å². The third-order valence-electron chi connectivity index (χ3n) is 7.35. The monoisotopic (exact) mass is 474 g/mol. The van der Waals surface area contributed by atoms with Crippen molar-refractivity contribution in [3.63, 3.8) is 0 Å². The van der Waals surface area contributed by atoms with Crippen LogP contribution in [0.15, 0.2) is 48.8 Å². The lowest BCUT2D eigenvalue weighted by Gasteiger charge is -2.42. The summed E-state index contributed by atoms with van der Waals surface area (Å²) in [4.78, 5) is 23.0. The van der Waals surface area contributed by atoms with Crippen LogP contribution in [0.1, 0.15) is 55.0 Å². The van der Waals surface area contributed by atoms with E-state index >= 15 is 0 Å². The second kappa shape index (κ2) is 10.7. The molecule has 2 aliphatic rings. The fourth-order valence-corrected chi connectivity index (χ4v) is 5.39. The first-order valence-corrected chi connectivity index (χ1v) is 12.7. The standard InChI is InChI=1S/C28H34N4O3/c1-19-23-9-5-10-25(24(23)13-15-29-19)26(28(33)34)32-17-22(18-32)35-16-4-2-3-8-21-12-11-20-7-6-14-30-27(20)31-21/h5-7,9-10,13-15,21-22,26H,2-4,8,11-12,16-18H2,1H3,(H,30,31)(H,33,34)/t21-,26?/m1/s1. The molecule has 7 nitrogen and oxygen atoms in total. The minimum absolute atomic E-state index is 0.109. The van der Waals surface area contributed by atoms with Crippen molar-refractivity contribution in [1.29, 1.82) is 0 Å². The second-order valence-corrected chi connectivity index (χ2v) is 9.77. The molecule has 2 atom stereocenters. The van der Waals surface area contributed by atoms with Crippen molar-refractivity contribution >= 4 is 22.6 Å². The maximum atomic E-state index is 12.2. The summed E-state index contributed by atoms with van der Waals surface area (Å²) in [7, 11) is 0. The van der Waals surface area contributed by atoms with Gasteiger partial charge >= 0.3 is 5.97 Å². The Labute approximate surface area is 206 Å². The molecule has 0 spiro atoms. The van der Waals surface area contributed by atoms with Crippen molar-refractivity contribution in [1.82, 2.24) is 14.9 Å². The van der Waals surface area contributed by atoms with Crippen LogP contribution in [0.4, 0.5) is 5.82 Å². The summed E-state index contributed by atoms with van der Waals surface area (Å²) in [6, 6.07) is 11.8. The Morgan fingerprint density at radius 3 is 2.86 bits per heavy atom. The highest BCUT2D eigenvalue weighted by atomic mass is 16.5. The number of likely N-dealkylation sites (tertiary alicyclic amines) is 1. The number of anilines is 1. The van der Waals surface area contributed by atoms with E-state index in [1.807, 2.05) is 48.4 Å². The van der Waals surface area contributed by atoms with E-state index in [-0.39, 0.29) is 6.10 Å². The van der Waals surface area contributed by atoms with Gasteiger partial charge in [-0.2, -0.15) is 0 Å². The number of hydrogen-bond donors (Lipinski definition) is 2. The number of nitrogens with zero attached hydrogens (tertiary/aromatic N) is 3. The smallest absolute Gasteiger partial charge is 0.325 e. The minimum atomic E-state index is -0.820. The number of ether oxygens (including phenoxy) is 1. The zero-order valence-corrected chi connectivity index (χ0v) is 20.3. The summed E-state index contributed by atoms with van der Waals surface area (Å²) in [5, 5.41) is 15.6. The molecule has 3 aromatic rings. The van der Waals surface area contributed by atoms with E-state index in [2.05, 4.69) is 21.4 Å². The number of rotatable bonds is 10. The molecule has 0 radical (unpaired) electrons. The lowest BCUT2D eigenvalue weighted by Crippen LogP contribution is -2.55. The highest BCUT2D eigenvalue weighted by molar-refractivity contribution is 5.91. The maximum Gasteiger partial charge on any atom is 0.325 e. The van der Waals surface area contributed by atoms with E-state index < -0.39 is 12.0 Å². The van der Waals surface area contributed by atoms with E-state index in [1.165, 1.54) is 18.4 Å². The molecule has 4 heterocycles. The maximum absolute atomic E-state index is 12.2. The van der Waals surface area contributed by atoms with Gasteiger partial charge in [-0.15, -0.1) is 0 Å².